The molecule has 1 N–H and O–H groups in total. The average Bonchev–Trinajstić information content (AvgIpc) is 3.60. The number of hydrogen-bond donors (Lipinski definition) is 1. The Bertz CT molecular complexity index is 1820. The van der Waals surface area contributed by atoms with E-state index in [1.54, 1.807) is 31.2 Å². The SMILES string of the molecule is Cc1cccc(C)c1-n1c(C)csc1=NC(=O)NC(C)C(F)c1ccc(-c2ncn(-c3ccc(OC(F)(F)F)cc3)n2)cc1. The number of aromatic nitrogens is 4. The van der Waals surface area contributed by atoms with Gasteiger partial charge in [-0.3, -0.25) is 4.57 Å². The van der Waals surface area contributed by atoms with Crippen molar-refractivity contribution in [2.24, 2.45) is 4.99 Å². The zero-order chi connectivity index (χ0) is 31.6. The lowest BCUT2D eigenvalue weighted by atomic mass is 10.0. The van der Waals surface area contributed by atoms with Crippen molar-refractivity contribution < 1.29 is 27.1 Å². The summed E-state index contributed by atoms with van der Waals surface area (Å²) in [4.78, 5) is 21.8. The lowest BCUT2D eigenvalue weighted by molar-refractivity contribution is -0.274. The van der Waals surface area contributed by atoms with Crippen LogP contribution < -0.4 is 14.9 Å². The van der Waals surface area contributed by atoms with E-state index in [4.69, 9.17) is 0 Å². The Labute approximate surface area is 254 Å². The number of urea groups is 1. The summed E-state index contributed by atoms with van der Waals surface area (Å²) in [5, 5.41) is 8.92. The normalized spacial score (nSPS) is 13.5. The molecule has 0 fully saturated rings. The molecule has 0 aliphatic carbocycles. The molecule has 2 atom stereocenters. The second-order valence-electron chi connectivity index (χ2n) is 10.2. The predicted octanol–water partition coefficient (Wildman–Crippen LogP) is 7.32. The third-order valence-electron chi connectivity index (χ3n) is 6.84. The summed E-state index contributed by atoms with van der Waals surface area (Å²) in [6, 6.07) is 16.1. The number of para-hydroxylation sites is 1. The lowest BCUT2D eigenvalue weighted by Gasteiger charge is -2.17. The number of ether oxygens (including phenoxy) is 1. The maximum atomic E-state index is 15.4. The molecule has 5 aromatic rings. The van der Waals surface area contributed by atoms with Crippen molar-refractivity contribution in [2.75, 3.05) is 0 Å². The second-order valence-corrected chi connectivity index (χ2v) is 11.0. The topological polar surface area (TPSA) is 86.3 Å². The molecule has 0 spiro atoms. The fourth-order valence-corrected chi connectivity index (χ4v) is 5.57. The number of benzene rings is 3. The molecule has 2 unspecified atom stereocenters. The monoisotopic (exact) mass is 624 g/mol. The van der Waals surface area contributed by atoms with Crippen molar-refractivity contribution in [2.45, 2.75) is 46.3 Å². The van der Waals surface area contributed by atoms with Gasteiger partial charge in [0.25, 0.3) is 0 Å². The largest absolute Gasteiger partial charge is 0.573 e. The van der Waals surface area contributed by atoms with Gasteiger partial charge >= 0.3 is 12.4 Å². The molecule has 2 heterocycles. The van der Waals surface area contributed by atoms with Crippen LogP contribution in [0.25, 0.3) is 22.8 Å². The van der Waals surface area contributed by atoms with Gasteiger partial charge in [-0.05, 0) is 68.7 Å². The van der Waals surface area contributed by atoms with Crippen LogP contribution in [0.15, 0.2) is 83.4 Å². The summed E-state index contributed by atoms with van der Waals surface area (Å²) in [6.07, 6.45) is -4.87. The first-order valence-corrected chi connectivity index (χ1v) is 14.4. The molecule has 228 valence electrons. The first kappa shape index (κ1) is 30.7. The highest BCUT2D eigenvalue weighted by Crippen LogP contribution is 2.26. The number of carbonyl (C=O) groups excluding carboxylic acids is 1. The Balaban J connectivity index is 1.26. The number of rotatable bonds is 7. The Kier molecular flexibility index (Phi) is 8.68. The molecule has 44 heavy (non-hydrogen) atoms. The third-order valence-corrected chi connectivity index (χ3v) is 7.79. The van der Waals surface area contributed by atoms with E-state index in [2.05, 4.69) is 25.1 Å². The van der Waals surface area contributed by atoms with Crippen LogP contribution in [-0.4, -0.2) is 37.8 Å². The number of nitrogens with one attached hydrogen (secondary N) is 1. The molecule has 5 rings (SSSR count). The highest BCUT2D eigenvalue weighted by atomic mass is 32.1. The summed E-state index contributed by atoms with van der Waals surface area (Å²) in [5.41, 5.74) is 5.41. The maximum Gasteiger partial charge on any atom is 0.573 e. The van der Waals surface area contributed by atoms with E-state index in [-0.39, 0.29) is 5.75 Å². The fourth-order valence-electron chi connectivity index (χ4n) is 4.71. The van der Waals surface area contributed by atoms with Gasteiger partial charge in [0.2, 0.25) is 0 Å². The zero-order valence-electron chi connectivity index (χ0n) is 24.1. The minimum Gasteiger partial charge on any atom is -0.406 e. The van der Waals surface area contributed by atoms with E-state index in [9.17, 15) is 18.0 Å². The quantitative estimate of drug-likeness (QED) is 0.192. The van der Waals surface area contributed by atoms with Gasteiger partial charge in [0.15, 0.2) is 10.6 Å². The van der Waals surface area contributed by atoms with Crippen LogP contribution in [0.5, 0.6) is 5.75 Å². The van der Waals surface area contributed by atoms with E-state index < -0.39 is 24.6 Å². The summed E-state index contributed by atoms with van der Waals surface area (Å²) in [7, 11) is 0. The van der Waals surface area contributed by atoms with Gasteiger partial charge in [0.1, 0.15) is 18.2 Å². The molecule has 0 radical (unpaired) electrons. The minimum absolute atomic E-state index is 0.339. The Morgan fingerprint density at radius 1 is 1.00 bits per heavy atom. The Morgan fingerprint density at radius 2 is 1.66 bits per heavy atom. The molecule has 2 amide bonds. The number of thiazole rings is 1. The summed E-state index contributed by atoms with van der Waals surface area (Å²) >= 11 is 1.33. The molecule has 0 aliphatic heterocycles. The Morgan fingerprint density at radius 3 is 2.30 bits per heavy atom. The first-order valence-electron chi connectivity index (χ1n) is 13.5. The summed E-state index contributed by atoms with van der Waals surface area (Å²) in [6.45, 7) is 7.51. The van der Waals surface area contributed by atoms with Crippen LogP contribution in [-0.2, 0) is 0 Å². The molecule has 8 nitrogen and oxygen atoms in total. The smallest absolute Gasteiger partial charge is 0.406 e. The van der Waals surface area contributed by atoms with Crippen LogP contribution in [0.4, 0.5) is 22.4 Å². The van der Waals surface area contributed by atoms with Gasteiger partial charge < -0.3 is 10.1 Å². The predicted molar refractivity (Wildman–Crippen MR) is 159 cm³/mol. The van der Waals surface area contributed by atoms with Gasteiger partial charge in [0.05, 0.1) is 17.4 Å². The van der Waals surface area contributed by atoms with E-state index in [0.717, 1.165) is 22.5 Å². The number of halogens is 4. The van der Waals surface area contributed by atoms with E-state index in [1.165, 1.54) is 46.6 Å². The van der Waals surface area contributed by atoms with Gasteiger partial charge in [-0.1, -0.05) is 42.5 Å². The Hall–Kier alpha value is -4.78. The summed E-state index contributed by atoms with van der Waals surface area (Å²) < 4.78 is 59.8. The molecule has 0 saturated heterocycles. The van der Waals surface area contributed by atoms with Gasteiger partial charge in [-0.2, -0.15) is 4.99 Å². The maximum absolute atomic E-state index is 15.4. The van der Waals surface area contributed by atoms with Crippen LogP contribution in [0.1, 0.15) is 35.5 Å². The van der Waals surface area contributed by atoms with Crippen molar-refractivity contribution in [3.8, 4) is 28.5 Å². The number of alkyl halides is 4. The molecule has 2 aromatic heterocycles. The molecule has 13 heteroatoms. The molecule has 3 aromatic carbocycles. The molecular weight excluding hydrogens is 596 g/mol. The number of amides is 2. The summed E-state index contributed by atoms with van der Waals surface area (Å²) in [5.74, 6) is -0.00850. The highest BCUT2D eigenvalue weighted by molar-refractivity contribution is 7.07. The van der Waals surface area contributed by atoms with Crippen LogP contribution >= 0.6 is 11.3 Å². The van der Waals surface area contributed by atoms with Gasteiger partial charge in [-0.25, -0.2) is 18.9 Å². The van der Waals surface area contributed by atoms with Crippen molar-refractivity contribution in [1.29, 1.82) is 0 Å². The van der Waals surface area contributed by atoms with Crippen LogP contribution in [0.3, 0.4) is 0 Å². The molecule has 0 saturated carbocycles. The van der Waals surface area contributed by atoms with E-state index in [1.807, 2.05) is 48.9 Å². The van der Waals surface area contributed by atoms with Gasteiger partial charge in [0, 0.05) is 16.6 Å². The van der Waals surface area contributed by atoms with Crippen molar-refractivity contribution in [3.63, 3.8) is 0 Å². The first-order chi connectivity index (χ1) is 20.9. The van der Waals surface area contributed by atoms with Crippen molar-refractivity contribution >= 4 is 17.4 Å². The van der Waals surface area contributed by atoms with Crippen LogP contribution in [0.2, 0.25) is 0 Å². The number of aryl methyl sites for hydroxylation is 3. The minimum atomic E-state index is -4.78. The van der Waals surface area contributed by atoms with Crippen LogP contribution in [0, 0.1) is 20.8 Å². The number of carbonyl (C=O) groups is 1. The number of nitrogens with zero attached hydrogens (tertiary/aromatic N) is 5. The fraction of sp³-hybridized carbons (Fsp3) is 0.226. The lowest BCUT2D eigenvalue weighted by Crippen LogP contribution is -2.35. The van der Waals surface area contributed by atoms with E-state index >= 15 is 4.39 Å². The highest BCUT2D eigenvalue weighted by Gasteiger charge is 2.31. The van der Waals surface area contributed by atoms with Crippen molar-refractivity contribution in [1.82, 2.24) is 24.6 Å². The number of hydrogen-bond acceptors (Lipinski definition) is 5. The molecule has 0 bridgehead atoms. The third kappa shape index (κ3) is 6.88. The molecular formula is C31H28F4N6O2S. The standard InChI is InChI=1S/C31H28F4N6O2S/c1-18-6-5-7-19(2)27(18)41-20(3)16-44-30(41)38-29(42)37-21(4)26(32)22-8-10-23(11-9-22)28-36-17-40(39-28)24-12-14-25(15-13-24)43-31(33,34)35/h5-17,21,26H,1-4H3,(H,37,42). The zero-order valence-corrected chi connectivity index (χ0v) is 24.9. The van der Waals surface area contributed by atoms with Gasteiger partial charge in [-0.15, -0.1) is 29.6 Å². The van der Waals surface area contributed by atoms with E-state index in [0.29, 0.717) is 27.4 Å². The molecule has 0 aliphatic rings. The van der Waals surface area contributed by atoms with Crippen molar-refractivity contribution in [3.05, 3.63) is 106 Å². The second kappa shape index (κ2) is 12.4. The average molecular weight is 625 g/mol.